The van der Waals surface area contributed by atoms with Crippen LogP contribution in [-0.4, -0.2) is 71.8 Å². The summed E-state index contributed by atoms with van der Waals surface area (Å²) in [6.45, 7) is 8.92. The third-order valence-electron chi connectivity index (χ3n) is 4.37. The summed E-state index contributed by atoms with van der Waals surface area (Å²) in [6, 6.07) is 0.615. The smallest absolute Gasteiger partial charge is 0.191 e. The van der Waals surface area contributed by atoms with E-state index >= 15 is 0 Å². The number of aliphatic hydroxyl groups is 1. The fraction of sp³-hybridized carbons (Fsp3) is 0.933. The first-order valence-corrected chi connectivity index (χ1v) is 9.38. The number of likely N-dealkylation sites (N-methyl/N-ethyl adjacent to an activating group) is 1. The topological polar surface area (TPSA) is 59.9 Å². The van der Waals surface area contributed by atoms with E-state index < -0.39 is 5.60 Å². The number of nitrogens with one attached hydrogen (secondary N) is 2. The maximum atomic E-state index is 10.4. The van der Waals surface area contributed by atoms with Gasteiger partial charge in [-0.2, -0.15) is 11.8 Å². The molecule has 2 fully saturated rings. The Morgan fingerprint density at radius 1 is 1.41 bits per heavy atom. The number of thioether (sulfide) groups is 1. The van der Waals surface area contributed by atoms with Crippen molar-refractivity contribution in [3.63, 3.8) is 0 Å². The molecule has 2 unspecified atom stereocenters. The molecular weight excluding hydrogens is 411 g/mol. The zero-order chi connectivity index (χ0) is 15.1. The second kappa shape index (κ2) is 10.2. The lowest BCUT2D eigenvalue weighted by Crippen LogP contribution is -2.45. The van der Waals surface area contributed by atoms with Crippen molar-refractivity contribution >= 4 is 41.7 Å². The first-order chi connectivity index (χ1) is 10.2. The van der Waals surface area contributed by atoms with Gasteiger partial charge in [0.1, 0.15) is 0 Å². The second-order valence-electron chi connectivity index (χ2n) is 6.03. The van der Waals surface area contributed by atoms with Gasteiger partial charge in [0.2, 0.25) is 0 Å². The van der Waals surface area contributed by atoms with Crippen molar-refractivity contribution in [3.05, 3.63) is 0 Å². The van der Waals surface area contributed by atoms with Crippen molar-refractivity contribution in [2.75, 3.05) is 44.2 Å². The Balaban J connectivity index is 0.00000242. The number of rotatable bonds is 6. The van der Waals surface area contributed by atoms with Crippen LogP contribution in [0.4, 0.5) is 0 Å². The van der Waals surface area contributed by atoms with Crippen molar-refractivity contribution in [1.82, 2.24) is 15.5 Å². The van der Waals surface area contributed by atoms with Crippen LogP contribution >= 0.6 is 35.7 Å². The fourth-order valence-corrected chi connectivity index (χ4v) is 4.33. The molecule has 2 aliphatic heterocycles. The van der Waals surface area contributed by atoms with Gasteiger partial charge in [0.15, 0.2) is 5.96 Å². The van der Waals surface area contributed by atoms with Gasteiger partial charge in [-0.05, 0) is 45.0 Å². The van der Waals surface area contributed by atoms with Gasteiger partial charge in [-0.1, -0.05) is 6.92 Å². The molecule has 0 aromatic rings. The van der Waals surface area contributed by atoms with Crippen LogP contribution in [0.2, 0.25) is 0 Å². The highest BCUT2D eigenvalue weighted by atomic mass is 127. The monoisotopic (exact) mass is 442 g/mol. The summed E-state index contributed by atoms with van der Waals surface area (Å²) < 4.78 is 0. The number of hydrogen-bond donors (Lipinski definition) is 3. The molecule has 0 amide bonds. The third kappa shape index (κ3) is 6.05. The number of guanidine groups is 1. The summed E-state index contributed by atoms with van der Waals surface area (Å²) in [6.07, 6.45) is 3.42. The quantitative estimate of drug-likeness (QED) is 0.331. The van der Waals surface area contributed by atoms with Crippen molar-refractivity contribution in [1.29, 1.82) is 0 Å². The molecule has 2 aliphatic rings. The lowest BCUT2D eigenvalue weighted by atomic mass is 10.1. The van der Waals surface area contributed by atoms with Gasteiger partial charge in [0.25, 0.3) is 0 Å². The second-order valence-corrected chi connectivity index (χ2v) is 7.13. The van der Waals surface area contributed by atoms with Crippen molar-refractivity contribution in [3.8, 4) is 0 Å². The average molecular weight is 442 g/mol. The van der Waals surface area contributed by atoms with E-state index in [1.807, 2.05) is 11.8 Å². The molecule has 0 aliphatic carbocycles. The number of hydrogen-bond acceptors (Lipinski definition) is 4. The molecular formula is C15H31IN4OS. The minimum absolute atomic E-state index is 0. The molecule has 130 valence electrons. The molecule has 0 bridgehead atoms. The molecule has 0 aromatic carbocycles. The summed E-state index contributed by atoms with van der Waals surface area (Å²) in [5.41, 5.74) is -0.601. The van der Waals surface area contributed by atoms with Crippen LogP contribution in [0.15, 0.2) is 4.99 Å². The van der Waals surface area contributed by atoms with Crippen molar-refractivity contribution in [2.24, 2.45) is 4.99 Å². The fourth-order valence-electron chi connectivity index (χ4n) is 3.05. The molecule has 22 heavy (non-hydrogen) atoms. The highest BCUT2D eigenvalue weighted by Crippen LogP contribution is 2.27. The van der Waals surface area contributed by atoms with E-state index in [2.05, 4.69) is 34.4 Å². The predicted molar refractivity (Wildman–Crippen MR) is 107 cm³/mol. The van der Waals surface area contributed by atoms with Crippen LogP contribution in [0.1, 0.15) is 33.1 Å². The summed E-state index contributed by atoms with van der Waals surface area (Å²) >= 11 is 1.82. The highest BCUT2D eigenvalue weighted by molar-refractivity contribution is 14.0. The highest BCUT2D eigenvalue weighted by Gasteiger charge is 2.31. The number of halogens is 1. The minimum atomic E-state index is -0.601. The standard InChI is InChI=1S/C15H30N4OS.HI/c1-3-16-14(18-11-15(20)7-9-21-12-15)17-10-13-6-5-8-19(13)4-2;/h13,20H,3-12H2,1-2H3,(H2,16,17,18);1H. The molecule has 0 radical (unpaired) electrons. The average Bonchev–Trinajstić information content (AvgIpc) is 3.11. The molecule has 5 nitrogen and oxygen atoms in total. The minimum Gasteiger partial charge on any atom is -0.387 e. The van der Waals surface area contributed by atoms with Gasteiger partial charge in [-0.15, -0.1) is 24.0 Å². The van der Waals surface area contributed by atoms with E-state index in [9.17, 15) is 5.11 Å². The maximum absolute atomic E-state index is 10.4. The van der Waals surface area contributed by atoms with Crippen molar-refractivity contribution < 1.29 is 5.11 Å². The molecule has 2 atom stereocenters. The summed E-state index contributed by atoms with van der Waals surface area (Å²) in [5, 5.41) is 17.1. The SMILES string of the molecule is CCNC(=NCC1(O)CCSC1)NCC1CCCN1CC.I. The molecule has 0 aromatic heterocycles. The molecule has 2 heterocycles. The van der Waals surface area contributed by atoms with Crippen LogP contribution in [0.25, 0.3) is 0 Å². The molecule has 2 saturated heterocycles. The van der Waals surface area contributed by atoms with E-state index in [4.69, 9.17) is 0 Å². The number of nitrogens with zero attached hydrogens (tertiary/aromatic N) is 2. The van der Waals surface area contributed by atoms with E-state index in [0.717, 1.165) is 43.5 Å². The zero-order valence-electron chi connectivity index (χ0n) is 13.8. The first-order valence-electron chi connectivity index (χ1n) is 8.23. The van der Waals surface area contributed by atoms with Gasteiger partial charge < -0.3 is 15.7 Å². The van der Waals surface area contributed by atoms with Crippen LogP contribution in [0, 0.1) is 0 Å². The van der Waals surface area contributed by atoms with E-state index in [1.54, 1.807) is 0 Å². The predicted octanol–water partition coefficient (Wildman–Crippen LogP) is 1.51. The van der Waals surface area contributed by atoms with Crippen LogP contribution in [0.3, 0.4) is 0 Å². The van der Waals surface area contributed by atoms with Crippen LogP contribution in [-0.2, 0) is 0 Å². The summed E-state index contributed by atoms with van der Waals surface area (Å²) in [5.74, 6) is 2.69. The molecule has 2 rings (SSSR count). The third-order valence-corrected chi connectivity index (χ3v) is 5.60. The molecule has 0 saturated carbocycles. The Kier molecular flexibility index (Phi) is 9.42. The normalized spacial score (nSPS) is 29.4. The van der Waals surface area contributed by atoms with Gasteiger partial charge in [-0.3, -0.25) is 9.89 Å². The van der Waals surface area contributed by atoms with Gasteiger partial charge >= 0.3 is 0 Å². The first kappa shape index (κ1) is 20.3. The van der Waals surface area contributed by atoms with Gasteiger partial charge in [0.05, 0.1) is 12.1 Å². The summed E-state index contributed by atoms with van der Waals surface area (Å²) in [4.78, 5) is 7.12. The lowest BCUT2D eigenvalue weighted by molar-refractivity contribution is 0.0778. The van der Waals surface area contributed by atoms with Gasteiger partial charge in [-0.25, -0.2) is 0 Å². The molecule has 3 N–H and O–H groups in total. The Hall–Kier alpha value is 0.270. The van der Waals surface area contributed by atoms with Crippen LogP contribution < -0.4 is 10.6 Å². The van der Waals surface area contributed by atoms with E-state index in [-0.39, 0.29) is 24.0 Å². The number of aliphatic imine (C=N–C) groups is 1. The maximum Gasteiger partial charge on any atom is 0.191 e. The zero-order valence-corrected chi connectivity index (χ0v) is 17.0. The Labute approximate surface area is 156 Å². The lowest BCUT2D eigenvalue weighted by Gasteiger charge is -2.24. The molecule has 0 spiro atoms. The Morgan fingerprint density at radius 3 is 2.86 bits per heavy atom. The van der Waals surface area contributed by atoms with E-state index in [0.29, 0.717) is 12.6 Å². The Bertz CT molecular complexity index is 350. The van der Waals surface area contributed by atoms with E-state index in [1.165, 1.54) is 19.4 Å². The Morgan fingerprint density at radius 2 is 2.23 bits per heavy atom. The molecule has 7 heteroatoms. The summed E-state index contributed by atoms with van der Waals surface area (Å²) in [7, 11) is 0. The van der Waals surface area contributed by atoms with Gasteiger partial charge in [0, 0.05) is 24.9 Å². The van der Waals surface area contributed by atoms with Crippen molar-refractivity contribution in [2.45, 2.75) is 44.8 Å². The number of likely N-dealkylation sites (tertiary alicyclic amines) is 1. The van der Waals surface area contributed by atoms with Crippen LogP contribution in [0.5, 0.6) is 0 Å². The largest absolute Gasteiger partial charge is 0.387 e.